The summed E-state index contributed by atoms with van der Waals surface area (Å²) in [5, 5.41) is 6.47. The normalized spacial score (nSPS) is 12.1. The van der Waals surface area contributed by atoms with Gasteiger partial charge in [0.15, 0.2) is 5.76 Å². The van der Waals surface area contributed by atoms with E-state index in [-0.39, 0.29) is 10.9 Å². The molecule has 6 heteroatoms. The Balaban J connectivity index is 2.50. The summed E-state index contributed by atoms with van der Waals surface area (Å²) in [7, 11) is 0. The Kier molecular flexibility index (Phi) is 5.09. The molecule has 0 aliphatic rings. The summed E-state index contributed by atoms with van der Waals surface area (Å²) >= 11 is 4.87. The first kappa shape index (κ1) is 13.6. The summed E-state index contributed by atoms with van der Waals surface area (Å²) < 4.78 is 4.99. The summed E-state index contributed by atoms with van der Waals surface area (Å²) in [4.78, 5) is 12.0. The molecule has 1 aromatic heterocycles. The molecule has 0 fully saturated rings. The van der Waals surface area contributed by atoms with Crippen LogP contribution in [0.15, 0.2) is 10.6 Å². The second kappa shape index (κ2) is 6.34. The Morgan fingerprint density at radius 2 is 2.41 bits per heavy atom. The quantitative estimate of drug-likeness (QED) is 0.749. The topological polar surface area (TPSA) is 81.2 Å². The van der Waals surface area contributed by atoms with Gasteiger partial charge in [-0.1, -0.05) is 30.7 Å². The molecule has 1 aromatic rings. The van der Waals surface area contributed by atoms with Crippen molar-refractivity contribution < 1.29 is 9.32 Å². The van der Waals surface area contributed by atoms with E-state index >= 15 is 0 Å². The molecule has 1 unspecified atom stereocenters. The van der Waals surface area contributed by atoms with E-state index in [2.05, 4.69) is 10.5 Å². The van der Waals surface area contributed by atoms with Crippen molar-refractivity contribution in [1.29, 1.82) is 0 Å². The molecule has 0 spiro atoms. The van der Waals surface area contributed by atoms with Gasteiger partial charge in [0, 0.05) is 6.07 Å². The van der Waals surface area contributed by atoms with Crippen LogP contribution in [0.3, 0.4) is 0 Å². The number of hydrogen-bond acceptors (Lipinski definition) is 4. The summed E-state index contributed by atoms with van der Waals surface area (Å²) in [6.07, 6.45) is 1.52. The van der Waals surface area contributed by atoms with Crippen LogP contribution >= 0.6 is 12.2 Å². The third-order valence-corrected chi connectivity index (χ3v) is 2.64. The first-order valence-corrected chi connectivity index (χ1v) is 5.94. The molecule has 0 radical (unpaired) electrons. The smallest absolute Gasteiger partial charge is 0.230 e. The molecule has 0 aliphatic carbocycles. The zero-order valence-corrected chi connectivity index (χ0v) is 10.8. The summed E-state index contributed by atoms with van der Waals surface area (Å²) in [6.45, 7) is 4.12. The fourth-order valence-electron chi connectivity index (χ4n) is 1.49. The van der Waals surface area contributed by atoms with E-state index in [1.807, 2.05) is 13.8 Å². The van der Waals surface area contributed by atoms with Gasteiger partial charge in [0.2, 0.25) is 5.91 Å². The van der Waals surface area contributed by atoms with E-state index in [0.717, 1.165) is 12.1 Å². The lowest BCUT2D eigenvalue weighted by Gasteiger charge is -2.13. The number of carbonyl (C=O) groups excluding carboxylic acids is 1. The van der Waals surface area contributed by atoms with Crippen molar-refractivity contribution in [1.82, 2.24) is 10.5 Å². The highest BCUT2D eigenvalue weighted by Crippen LogP contribution is 2.08. The molecule has 0 aromatic carbocycles. The maximum Gasteiger partial charge on any atom is 0.230 e. The third kappa shape index (κ3) is 4.14. The van der Waals surface area contributed by atoms with E-state index in [1.54, 1.807) is 6.07 Å². The van der Waals surface area contributed by atoms with Crippen molar-refractivity contribution in [2.75, 3.05) is 0 Å². The van der Waals surface area contributed by atoms with Crippen LogP contribution in [0.2, 0.25) is 0 Å². The molecule has 0 saturated heterocycles. The summed E-state index contributed by atoms with van der Waals surface area (Å²) in [5.74, 6) is 0.0569. The highest BCUT2D eigenvalue weighted by atomic mass is 32.1. The van der Waals surface area contributed by atoms with Gasteiger partial charge in [0.25, 0.3) is 0 Å². The SMILES string of the molecule is CCCC(C(=O)NCc1cc(C)no1)C(N)=S. The van der Waals surface area contributed by atoms with Gasteiger partial charge in [-0.05, 0) is 13.3 Å². The van der Waals surface area contributed by atoms with E-state index in [0.29, 0.717) is 18.7 Å². The predicted octanol–water partition coefficient (Wildman–Crippen LogP) is 1.30. The van der Waals surface area contributed by atoms with Crippen LogP contribution < -0.4 is 11.1 Å². The van der Waals surface area contributed by atoms with Crippen molar-refractivity contribution in [3.63, 3.8) is 0 Å². The average Bonchev–Trinajstić information content (AvgIpc) is 2.68. The Bertz CT molecular complexity index is 403. The third-order valence-electron chi connectivity index (χ3n) is 2.35. The minimum absolute atomic E-state index is 0.159. The predicted molar refractivity (Wildman–Crippen MR) is 68.3 cm³/mol. The molecule has 17 heavy (non-hydrogen) atoms. The Hall–Kier alpha value is -1.43. The number of hydrogen-bond donors (Lipinski definition) is 2. The second-order valence-electron chi connectivity index (χ2n) is 3.90. The van der Waals surface area contributed by atoms with E-state index < -0.39 is 5.92 Å². The number of amides is 1. The molecule has 3 N–H and O–H groups in total. The minimum Gasteiger partial charge on any atom is -0.393 e. The average molecular weight is 255 g/mol. The Morgan fingerprint density at radius 3 is 2.88 bits per heavy atom. The van der Waals surface area contributed by atoms with Gasteiger partial charge < -0.3 is 15.6 Å². The summed E-state index contributed by atoms with van der Waals surface area (Å²) in [5.41, 5.74) is 6.32. The molecule has 5 nitrogen and oxygen atoms in total. The van der Waals surface area contributed by atoms with Crippen molar-refractivity contribution in [2.45, 2.75) is 33.2 Å². The van der Waals surface area contributed by atoms with Crippen molar-refractivity contribution in [3.8, 4) is 0 Å². The lowest BCUT2D eigenvalue weighted by atomic mass is 10.0. The number of thiocarbonyl (C=S) groups is 1. The van der Waals surface area contributed by atoms with Gasteiger partial charge in [-0.2, -0.15) is 0 Å². The molecule has 0 saturated carbocycles. The standard InChI is InChI=1S/C11H17N3O2S/c1-3-4-9(10(12)17)11(15)13-6-8-5-7(2)14-16-8/h5,9H,3-4,6H2,1-2H3,(H2,12,17)(H,13,15). The van der Waals surface area contributed by atoms with Gasteiger partial charge in [-0.3, -0.25) is 4.79 Å². The zero-order valence-electron chi connectivity index (χ0n) is 10.0. The monoisotopic (exact) mass is 255 g/mol. The van der Waals surface area contributed by atoms with Gasteiger partial charge >= 0.3 is 0 Å². The maximum absolute atomic E-state index is 11.8. The molecule has 1 heterocycles. The van der Waals surface area contributed by atoms with Crippen LogP contribution in [-0.4, -0.2) is 16.1 Å². The molecular weight excluding hydrogens is 238 g/mol. The van der Waals surface area contributed by atoms with Gasteiger partial charge in [0.1, 0.15) is 0 Å². The number of aromatic nitrogens is 1. The van der Waals surface area contributed by atoms with Crippen LogP contribution in [0.5, 0.6) is 0 Å². The van der Waals surface area contributed by atoms with Gasteiger partial charge in [-0.15, -0.1) is 0 Å². The van der Waals surface area contributed by atoms with Crippen molar-refractivity contribution in [3.05, 3.63) is 17.5 Å². The van der Waals surface area contributed by atoms with Crippen LogP contribution in [0.25, 0.3) is 0 Å². The number of carbonyl (C=O) groups is 1. The molecule has 1 amide bonds. The number of nitrogens with two attached hydrogens (primary N) is 1. The first-order chi connectivity index (χ1) is 8.04. The molecule has 1 atom stereocenters. The number of nitrogens with zero attached hydrogens (tertiary/aromatic N) is 1. The van der Waals surface area contributed by atoms with Crippen molar-refractivity contribution in [2.24, 2.45) is 11.7 Å². The van der Waals surface area contributed by atoms with Crippen LogP contribution in [0.4, 0.5) is 0 Å². The number of nitrogens with one attached hydrogen (secondary N) is 1. The van der Waals surface area contributed by atoms with Crippen molar-refractivity contribution >= 4 is 23.1 Å². The maximum atomic E-state index is 11.8. The summed E-state index contributed by atoms with van der Waals surface area (Å²) in [6, 6.07) is 1.77. The largest absolute Gasteiger partial charge is 0.393 e. The molecule has 0 bridgehead atoms. The highest BCUT2D eigenvalue weighted by Gasteiger charge is 2.20. The zero-order chi connectivity index (χ0) is 12.8. The molecule has 0 aliphatic heterocycles. The fourth-order valence-corrected chi connectivity index (χ4v) is 1.71. The lowest BCUT2D eigenvalue weighted by molar-refractivity contribution is -0.123. The highest BCUT2D eigenvalue weighted by molar-refractivity contribution is 7.80. The fraction of sp³-hybridized carbons (Fsp3) is 0.545. The Labute approximate surface area is 106 Å². The number of rotatable bonds is 6. The van der Waals surface area contributed by atoms with E-state index in [9.17, 15) is 4.79 Å². The molecular formula is C11H17N3O2S. The Morgan fingerprint density at radius 1 is 1.71 bits per heavy atom. The molecule has 94 valence electrons. The van der Waals surface area contributed by atoms with E-state index in [4.69, 9.17) is 22.5 Å². The van der Waals surface area contributed by atoms with Crippen LogP contribution in [0.1, 0.15) is 31.2 Å². The minimum atomic E-state index is -0.404. The van der Waals surface area contributed by atoms with E-state index in [1.165, 1.54) is 0 Å². The second-order valence-corrected chi connectivity index (χ2v) is 4.37. The van der Waals surface area contributed by atoms with Crippen LogP contribution in [0, 0.1) is 12.8 Å². The van der Waals surface area contributed by atoms with Crippen LogP contribution in [-0.2, 0) is 11.3 Å². The number of aryl methyl sites for hydroxylation is 1. The lowest BCUT2D eigenvalue weighted by Crippen LogP contribution is -2.37. The van der Waals surface area contributed by atoms with Gasteiger partial charge in [0.05, 0.1) is 23.1 Å². The van der Waals surface area contributed by atoms with Gasteiger partial charge in [-0.25, -0.2) is 0 Å². The molecule has 1 rings (SSSR count). The first-order valence-electron chi connectivity index (χ1n) is 5.53.